The number of aryl methyl sites for hydroxylation is 2. The molecule has 0 unspecified atom stereocenters. The molecular weight excluding hydrogens is 425 g/mol. The molecule has 8 nitrogen and oxygen atoms in total. The number of carbonyl (C=O) groups excluding carboxylic acids is 1. The number of aromatic amines is 1. The van der Waals surface area contributed by atoms with Gasteiger partial charge in [0, 0.05) is 36.8 Å². The van der Waals surface area contributed by atoms with Crippen molar-refractivity contribution in [3.8, 4) is 5.75 Å². The lowest BCUT2D eigenvalue weighted by Crippen LogP contribution is -2.28. The number of halogens is 1. The summed E-state index contributed by atoms with van der Waals surface area (Å²) in [6.45, 7) is 5.22. The van der Waals surface area contributed by atoms with Crippen LogP contribution in [0.4, 0.5) is 4.39 Å². The summed E-state index contributed by atoms with van der Waals surface area (Å²) in [5.74, 6) is -0.0333. The molecular formula is C24H24FN5O3. The van der Waals surface area contributed by atoms with Gasteiger partial charge in [0.25, 0.3) is 11.6 Å². The molecule has 170 valence electrons. The number of nitrogens with zero attached hydrogens (tertiary/aromatic N) is 4. The number of likely N-dealkylation sites (tertiary alicyclic amines) is 1. The number of carbonyl (C=O) groups is 1. The summed E-state index contributed by atoms with van der Waals surface area (Å²) >= 11 is 0. The van der Waals surface area contributed by atoms with Gasteiger partial charge in [-0.1, -0.05) is 17.3 Å². The van der Waals surface area contributed by atoms with E-state index in [1.807, 2.05) is 24.8 Å². The van der Waals surface area contributed by atoms with E-state index in [0.717, 1.165) is 17.8 Å². The summed E-state index contributed by atoms with van der Waals surface area (Å²) in [6, 6.07) is 10.1. The zero-order valence-corrected chi connectivity index (χ0v) is 18.5. The van der Waals surface area contributed by atoms with Gasteiger partial charge in [-0.3, -0.25) is 9.89 Å². The lowest BCUT2D eigenvalue weighted by molar-refractivity contribution is 0.0792. The van der Waals surface area contributed by atoms with Crippen LogP contribution in [0.3, 0.4) is 0 Å². The first-order valence-electron chi connectivity index (χ1n) is 10.9. The third-order valence-corrected chi connectivity index (χ3v) is 5.99. The van der Waals surface area contributed by atoms with Gasteiger partial charge in [0.05, 0.1) is 28.9 Å². The van der Waals surface area contributed by atoms with Crippen molar-refractivity contribution in [2.75, 3.05) is 19.7 Å². The maximum Gasteiger partial charge on any atom is 0.258 e. The highest BCUT2D eigenvalue weighted by atomic mass is 19.1. The smallest absolute Gasteiger partial charge is 0.258 e. The fourth-order valence-electron chi connectivity index (χ4n) is 4.29. The molecule has 5 rings (SSSR count). The summed E-state index contributed by atoms with van der Waals surface area (Å²) in [7, 11) is 0. The van der Waals surface area contributed by atoms with E-state index in [0.29, 0.717) is 54.2 Å². The Labute approximate surface area is 189 Å². The molecule has 1 saturated heterocycles. The Morgan fingerprint density at radius 3 is 3.00 bits per heavy atom. The third kappa shape index (κ3) is 4.18. The van der Waals surface area contributed by atoms with E-state index >= 15 is 0 Å². The van der Waals surface area contributed by atoms with Crippen molar-refractivity contribution in [1.29, 1.82) is 0 Å². The van der Waals surface area contributed by atoms with Gasteiger partial charge < -0.3 is 14.2 Å². The van der Waals surface area contributed by atoms with Crippen LogP contribution >= 0.6 is 0 Å². The number of ether oxygens (including phenoxy) is 1. The summed E-state index contributed by atoms with van der Waals surface area (Å²) in [5.41, 5.74) is 4.17. The van der Waals surface area contributed by atoms with Crippen molar-refractivity contribution < 1.29 is 18.4 Å². The van der Waals surface area contributed by atoms with E-state index < -0.39 is 0 Å². The number of hydrogen-bond acceptors (Lipinski definition) is 6. The number of para-hydroxylation sites is 1. The Hall–Kier alpha value is -3.75. The summed E-state index contributed by atoms with van der Waals surface area (Å²) in [6.07, 6.45) is 1.41. The Kier molecular flexibility index (Phi) is 5.53. The number of fused-ring (bicyclic) bond motifs is 1. The van der Waals surface area contributed by atoms with Gasteiger partial charge in [-0.15, -0.1) is 0 Å². The molecule has 1 aliphatic heterocycles. The number of hydrogen-bond donors (Lipinski definition) is 1. The second-order valence-corrected chi connectivity index (χ2v) is 8.34. The molecule has 1 atom stereocenters. The number of amides is 1. The molecule has 1 fully saturated rings. The molecule has 1 aromatic carbocycles. The van der Waals surface area contributed by atoms with E-state index in [9.17, 15) is 9.18 Å². The second-order valence-electron chi connectivity index (χ2n) is 8.34. The molecule has 1 N–H and O–H groups in total. The van der Waals surface area contributed by atoms with Gasteiger partial charge in [-0.2, -0.15) is 5.10 Å². The molecule has 0 saturated carbocycles. The van der Waals surface area contributed by atoms with E-state index in [-0.39, 0.29) is 23.4 Å². The zero-order valence-electron chi connectivity index (χ0n) is 18.5. The van der Waals surface area contributed by atoms with Crippen LogP contribution in [0.15, 0.2) is 40.9 Å². The number of benzene rings is 1. The molecule has 9 heteroatoms. The summed E-state index contributed by atoms with van der Waals surface area (Å²) < 4.78 is 24.5. The van der Waals surface area contributed by atoms with Gasteiger partial charge >= 0.3 is 0 Å². The molecule has 3 aromatic heterocycles. The molecule has 1 aliphatic rings. The van der Waals surface area contributed by atoms with Crippen LogP contribution in [-0.2, 0) is 6.42 Å². The lowest BCUT2D eigenvalue weighted by atomic mass is 10.0. The lowest BCUT2D eigenvalue weighted by Gasteiger charge is -2.17. The third-order valence-electron chi connectivity index (χ3n) is 5.99. The van der Waals surface area contributed by atoms with Gasteiger partial charge in [0.15, 0.2) is 11.6 Å². The highest BCUT2D eigenvalue weighted by molar-refractivity contribution is 6.06. The molecule has 0 bridgehead atoms. The minimum Gasteiger partial charge on any atom is -0.490 e. The zero-order chi connectivity index (χ0) is 22.9. The number of nitrogens with one attached hydrogen (secondary N) is 1. The van der Waals surface area contributed by atoms with Crippen LogP contribution in [0, 0.1) is 19.7 Å². The first-order valence-corrected chi connectivity index (χ1v) is 10.9. The van der Waals surface area contributed by atoms with Crippen LogP contribution < -0.4 is 4.74 Å². The standard InChI is InChI=1S/C24H24FN5O3/c1-14-11-18(22-15(2)29-33-23(22)26-14)24(31)30-9-7-16(13-30)20-12-17(27-28-20)8-10-32-21-6-4-3-5-19(21)25/h3-6,11-12,16H,7-10,13H2,1-2H3,(H,27,28)/t16-/m0/s1. The van der Waals surface area contributed by atoms with Gasteiger partial charge in [0.2, 0.25) is 0 Å². The highest BCUT2D eigenvalue weighted by Crippen LogP contribution is 2.30. The summed E-state index contributed by atoms with van der Waals surface area (Å²) in [4.78, 5) is 19.5. The van der Waals surface area contributed by atoms with Crippen molar-refractivity contribution >= 4 is 17.0 Å². The second kappa shape index (κ2) is 8.65. The van der Waals surface area contributed by atoms with Crippen LogP contribution in [-0.4, -0.2) is 50.8 Å². The van der Waals surface area contributed by atoms with E-state index in [4.69, 9.17) is 9.26 Å². The Morgan fingerprint density at radius 2 is 2.15 bits per heavy atom. The topological polar surface area (TPSA) is 97.1 Å². The highest BCUT2D eigenvalue weighted by Gasteiger charge is 2.31. The monoisotopic (exact) mass is 449 g/mol. The van der Waals surface area contributed by atoms with Gasteiger partial charge in [-0.25, -0.2) is 9.37 Å². The van der Waals surface area contributed by atoms with E-state index in [2.05, 4.69) is 20.3 Å². The molecule has 0 radical (unpaired) electrons. The number of rotatable bonds is 6. The van der Waals surface area contributed by atoms with Crippen molar-refractivity contribution in [3.63, 3.8) is 0 Å². The van der Waals surface area contributed by atoms with Gasteiger partial charge in [-0.05, 0) is 44.5 Å². The maximum absolute atomic E-state index is 13.7. The van der Waals surface area contributed by atoms with Crippen LogP contribution in [0.1, 0.15) is 45.5 Å². The minimum absolute atomic E-state index is 0.0478. The predicted octanol–water partition coefficient (Wildman–Crippen LogP) is 3.95. The average molecular weight is 449 g/mol. The Bertz CT molecular complexity index is 1310. The fourth-order valence-corrected chi connectivity index (χ4v) is 4.29. The summed E-state index contributed by atoms with van der Waals surface area (Å²) in [5, 5.41) is 12.1. The van der Waals surface area contributed by atoms with E-state index in [1.165, 1.54) is 6.07 Å². The van der Waals surface area contributed by atoms with Crippen molar-refractivity contribution in [1.82, 2.24) is 25.2 Å². The number of pyridine rings is 1. The largest absolute Gasteiger partial charge is 0.490 e. The van der Waals surface area contributed by atoms with Crippen LogP contribution in [0.25, 0.3) is 11.1 Å². The van der Waals surface area contributed by atoms with Gasteiger partial charge in [0.1, 0.15) is 0 Å². The average Bonchev–Trinajstić information content (AvgIpc) is 3.54. The number of H-pyrrole nitrogens is 1. The van der Waals surface area contributed by atoms with Crippen molar-refractivity contribution in [2.45, 2.75) is 32.6 Å². The van der Waals surface area contributed by atoms with Crippen LogP contribution in [0.5, 0.6) is 5.75 Å². The predicted molar refractivity (Wildman–Crippen MR) is 119 cm³/mol. The van der Waals surface area contributed by atoms with Crippen LogP contribution in [0.2, 0.25) is 0 Å². The molecule has 33 heavy (non-hydrogen) atoms. The Morgan fingerprint density at radius 1 is 1.30 bits per heavy atom. The van der Waals surface area contributed by atoms with Crippen molar-refractivity contribution in [3.05, 3.63) is 70.6 Å². The minimum atomic E-state index is -0.374. The molecule has 4 heterocycles. The fraction of sp³-hybridized carbons (Fsp3) is 0.333. The molecule has 4 aromatic rings. The molecule has 0 spiro atoms. The Balaban J connectivity index is 1.23. The molecule has 1 amide bonds. The maximum atomic E-state index is 13.7. The quantitative estimate of drug-likeness (QED) is 0.479. The first kappa shape index (κ1) is 21.1. The normalized spacial score (nSPS) is 16.0. The van der Waals surface area contributed by atoms with E-state index in [1.54, 1.807) is 24.3 Å². The number of aromatic nitrogens is 4. The SMILES string of the molecule is Cc1cc(C(=O)N2CC[C@H](c3cc(CCOc4ccccc4F)[nH]n3)C2)c2c(C)noc2n1. The molecule has 0 aliphatic carbocycles. The first-order chi connectivity index (χ1) is 16.0. The van der Waals surface area contributed by atoms with Crippen molar-refractivity contribution in [2.24, 2.45) is 0 Å².